The van der Waals surface area contributed by atoms with Crippen molar-refractivity contribution in [2.45, 2.75) is 19.3 Å². The molecule has 3 heterocycles. The first-order valence-corrected chi connectivity index (χ1v) is 5.84. The summed E-state index contributed by atoms with van der Waals surface area (Å²) in [6.45, 7) is 2.08. The molecule has 0 spiro atoms. The topological polar surface area (TPSA) is 46.3 Å². The second-order valence-electron chi connectivity index (χ2n) is 3.96. The van der Waals surface area contributed by atoms with Crippen LogP contribution >= 0.6 is 11.6 Å². The highest BCUT2D eigenvalue weighted by atomic mass is 35.5. The minimum atomic E-state index is 0.401. The highest BCUT2D eigenvalue weighted by Crippen LogP contribution is 2.20. The SMILES string of the molecule is Clc1nccn2c(N3CCCCC3)nnc12. The fourth-order valence-corrected chi connectivity index (χ4v) is 2.28. The number of fused-ring (bicyclic) bond motifs is 1. The summed E-state index contributed by atoms with van der Waals surface area (Å²) >= 11 is 5.96. The van der Waals surface area contributed by atoms with Gasteiger partial charge in [-0.3, -0.25) is 4.40 Å². The van der Waals surface area contributed by atoms with Crippen molar-refractivity contribution in [2.24, 2.45) is 0 Å². The van der Waals surface area contributed by atoms with Crippen LogP contribution < -0.4 is 4.90 Å². The molecule has 1 aliphatic rings. The minimum Gasteiger partial charge on any atom is -0.341 e. The minimum absolute atomic E-state index is 0.401. The van der Waals surface area contributed by atoms with Crippen molar-refractivity contribution in [3.05, 3.63) is 17.5 Å². The van der Waals surface area contributed by atoms with Crippen LogP contribution in [0, 0.1) is 0 Å². The second-order valence-corrected chi connectivity index (χ2v) is 4.32. The van der Waals surface area contributed by atoms with Gasteiger partial charge in [0.25, 0.3) is 0 Å². The van der Waals surface area contributed by atoms with Crippen LogP contribution in [0.5, 0.6) is 0 Å². The molecule has 0 amide bonds. The van der Waals surface area contributed by atoms with Crippen LogP contribution in [0.2, 0.25) is 5.15 Å². The smallest absolute Gasteiger partial charge is 0.231 e. The molecule has 5 nitrogen and oxygen atoms in total. The molecule has 0 aromatic carbocycles. The van der Waals surface area contributed by atoms with Crippen LogP contribution in [-0.2, 0) is 0 Å². The molecule has 84 valence electrons. The van der Waals surface area contributed by atoms with E-state index in [2.05, 4.69) is 20.1 Å². The molecule has 1 saturated heterocycles. The summed E-state index contributed by atoms with van der Waals surface area (Å²) in [5.74, 6) is 0.874. The van der Waals surface area contributed by atoms with E-state index < -0.39 is 0 Å². The maximum absolute atomic E-state index is 5.96. The standard InChI is InChI=1S/C10H12ClN5/c11-8-9-13-14-10(16(9)7-4-12-8)15-5-2-1-3-6-15/h4,7H,1-3,5-6H2. The number of nitrogens with zero attached hydrogens (tertiary/aromatic N) is 5. The lowest BCUT2D eigenvalue weighted by Crippen LogP contribution is -2.31. The third-order valence-electron chi connectivity index (χ3n) is 2.90. The molecule has 16 heavy (non-hydrogen) atoms. The summed E-state index contributed by atoms with van der Waals surface area (Å²) in [4.78, 5) is 6.24. The normalized spacial score (nSPS) is 16.9. The summed E-state index contributed by atoms with van der Waals surface area (Å²) in [6.07, 6.45) is 7.26. The third-order valence-corrected chi connectivity index (χ3v) is 3.17. The molecule has 0 bridgehead atoms. The van der Waals surface area contributed by atoms with Crippen LogP contribution in [-0.4, -0.2) is 32.7 Å². The molecule has 6 heteroatoms. The summed E-state index contributed by atoms with van der Waals surface area (Å²) in [5, 5.41) is 8.67. The molecular formula is C10H12ClN5. The first-order chi connectivity index (χ1) is 7.86. The molecule has 0 unspecified atom stereocenters. The van der Waals surface area contributed by atoms with Gasteiger partial charge in [-0.25, -0.2) is 4.98 Å². The number of hydrogen-bond acceptors (Lipinski definition) is 4. The number of aromatic nitrogens is 4. The summed E-state index contributed by atoms with van der Waals surface area (Å²) in [5.41, 5.74) is 0.629. The lowest BCUT2D eigenvalue weighted by Gasteiger charge is -2.26. The van der Waals surface area contributed by atoms with Crippen LogP contribution in [0.1, 0.15) is 19.3 Å². The second kappa shape index (κ2) is 3.90. The van der Waals surface area contributed by atoms with E-state index in [1.807, 2.05) is 10.6 Å². The van der Waals surface area contributed by atoms with Gasteiger partial charge in [-0.15, -0.1) is 10.2 Å². The Labute approximate surface area is 98.1 Å². The van der Waals surface area contributed by atoms with E-state index in [1.54, 1.807) is 6.20 Å². The largest absolute Gasteiger partial charge is 0.341 e. The van der Waals surface area contributed by atoms with E-state index in [4.69, 9.17) is 11.6 Å². The Balaban J connectivity index is 2.06. The molecule has 0 aliphatic carbocycles. The molecule has 2 aromatic heterocycles. The zero-order valence-electron chi connectivity index (χ0n) is 8.80. The van der Waals surface area contributed by atoms with Gasteiger partial charge in [0.2, 0.25) is 5.95 Å². The van der Waals surface area contributed by atoms with Crippen molar-refractivity contribution in [2.75, 3.05) is 18.0 Å². The van der Waals surface area contributed by atoms with E-state index in [1.165, 1.54) is 19.3 Å². The van der Waals surface area contributed by atoms with E-state index in [9.17, 15) is 0 Å². The molecule has 1 fully saturated rings. The molecule has 2 aromatic rings. The summed E-state index contributed by atoms with van der Waals surface area (Å²) < 4.78 is 1.90. The summed E-state index contributed by atoms with van der Waals surface area (Å²) in [6, 6.07) is 0. The Morgan fingerprint density at radius 3 is 2.75 bits per heavy atom. The van der Waals surface area contributed by atoms with Crippen LogP contribution in [0.4, 0.5) is 5.95 Å². The zero-order chi connectivity index (χ0) is 11.0. The Morgan fingerprint density at radius 2 is 1.94 bits per heavy atom. The van der Waals surface area contributed by atoms with Gasteiger partial charge in [0.05, 0.1) is 0 Å². The van der Waals surface area contributed by atoms with E-state index in [-0.39, 0.29) is 0 Å². The molecule has 0 atom stereocenters. The first kappa shape index (κ1) is 9.84. The lowest BCUT2D eigenvalue weighted by molar-refractivity contribution is 0.566. The van der Waals surface area contributed by atoms with Gasteiger partial charge >= 0.3 is 0 Å². The first-order valence-electron chi connectivity index (χ1n) is 5.46. The number of anilines is 1. The highest BCUT2D eigenvalue weighted by molar-refractivity contribution is 6.32. The van der Waals surface area contributed by atoms with Crippen LogP contribution in [0.25, 0.3) is 5.65 Å². The van der Waals surface area contributed by atoms with Gasteiger partial charge < -0.3 is 4.90 Å². The highest BCUT2D eigenvalue weighted by Gasteiger charge is 2.17. The monoisotopic (exact) mass is 237 g/mol. The number of hydrogen-bond donors (Lipinski definition) is 0. The van der Waals surface area contributed by atoms with Gasteiger partial charge in [-0.1, -0.05) is 11.6 Å². The van der Waals surface area contributed by atoms with Gasteiger partial charge in [0.15, 0.2) is 10.8 Å². The predicted octanol–water partition coefficient (Wildman–Crippen LogP) is 1.77. The lowest BCUT2D eigenvalue weighted by atomic mass is 10.1. The molecule has 1 aliphatic heterocycles. The molecular weight excluding hydrogens is 226 g/mol. The quantitative estimate of drug-likeness (QED) is 0.759. The Bertz CT molecular complexity index is 503. The van der Waals surface area contributed by atoms with E-state index in [0.717, 1.165) is 19.0 Å². The van der Waals surface area contributed by atoms with Gasteiger partial charge in [0, 0.05) is 25.5 Å². The van der Waals surface area contributed by atoms with Crippen molar-refractivity contribution in [3.63, 3.8) is 0 Å². The van der Waals surface area contributed by atoms with Crippen molar-refractivity contribution in [1.82, 2.24) is 19.6 Å². The summed E-state index contributed by atoms with van der Waals surface area (Å²) in [7, 11) is 0. The van der Waals surface area contributed by atoms with Crippen molar-refractivity contribution in [3.8, 4) is 0 Å². The molecule has 3 rings (SSSR count). The number of piperidine rings is 1. The maximum Gasteiger partial charge on any atom is 0.231 e. The average Bonchev–Trinajstić information content (AvgIpc) is 2.75. The van der Waals surface area contributed by atoms with E-state index in [0.29, 0.717) is 10.8 Å². The fraction of sp³-hybridized carbons (Fsp3) is 0.500. The van der Waals surface area contributed by atoms with Gasteiger partial charge in [-0.2, -0.15) is 0 Å². The average molecular weight is 238 g/mol. The van der Waals surface area contributed by atoms with E-state index >= 15 is 0 Å². The van der Waals surface area contributed by atoms with Gasteiger partial charge in [-0.05, 0) is 19.3 Å². The fourth-order valence-electron chi connectivity index (χ4n) is 2.09. The van der Waals surface area contributed by atoms with Crippen molar-refractivity contribution in [1.29, 1.82) is 0 Å². The van der Waals surface area contributed by atoms with Gasteiger partial charge in [0.1, 0.15) is 0 Å². The predicted molar refractivity (Wildman–Crippen MR) is 61.9 cm³/mol. The Morgan fingerprint density at radius 1 is 1.12 bits per heavy atom. The van der Waals surface area contributed by atoms with Crippen LogP contribution in [0.15, 0.2) is 12.4 Å². The van der Waals surface area contributed by atoms with Crippen LogP contribution in [0.3, 0.4) is 0 Å². The molecule has 0 radical (unpaired) electrons. The Hall–Kier alpha value is -1.36. The van der Waals surface area contributed by atoms with Crippen molar-refractivity contribution < 1.29 is 0 Å². The van der Waals surface area contributed by atoms with Crippen molar-refractivity contribution >= 4 is 23.2 Å². The number of halogens is 1. The molecule has 0 N–H and O–H groups in total. The molecule has 0 saturated carbocycles. The number of rotatable bonds is 1. The Kier molecular flexibility index (Phi) is 2.40. The third kappa shape index (κ3) is 1.51. The zero-order valence-corrected chi connectivity index (χ0v) is 9.56. The maximum atomic E-state index is 5.96.